The highest BCUT2D eigenvalue weighted by molar-refractivity contribution is 7.14. The lowest BCUT2D eigenvalue weighted by Crippen LogP contribution is -2.47. The molecule has 1 N–H and O–H groups in total. The van der Waals surface area contributed by atoms with Crippen LogP contribution in [0, 0.1) is 11.3 Å². The molecule has 0 atom stereocenters. The molecule has 3 heterocycles. The van der Waals surface area contributed by atoms with Crippen LogP contribution in [0.15, 0.2) is 52.8 Å². The van der Waals surface area contributed by atoms with E-state index >= 15 is 0 Å². The van der Waals surface area contributed by atoms with E-state index in [1.165, 1.54) is 16.0 Å². The van der Waals surface area contributed by atoms with Gasteiger partial charge in [0.2, 0.25) is 5.91 Å². The molecule has 32 heavy (non-hydrogen) atoms. The lowest BCUT2D eigenvalue weighted by atomic mass is 10.2. The van der Waals surface area contributed by atoms with E-state index in [1.807, 2.05) is 23.1 Å². The molecule has 0 unspecified atom stereocenters. The highest BCUT2D eigenvalue weighted by atomic mass is 35.5. The molecule has 4 rings (SSSR count). The summed E-state index contributed by atoms with van der Waals surface area (Å²) in [7, 11) is 0. The van der Waals surface area contributed by atoms with Crippen LogP contribution < -0.4 is 15.8 Å². The highest BCUT2D eigenvalue weighted by Gasteiger charge is 2.22. The van der Waals surface area contributed by atoms with Crippen molar-refractivity contribution < 1.29 is 4.79 Å². The van der Waals surface area contributed by atoms with Gasteiger partial charge >= 0.3 is 0 Å². The number of amides is 1. The topological polar surface area (TPSA) is 94.3 Å². The molecule has 2 aromatic heterocycles. The number of para-hydroxylation sites is 1. The van der Waals surface area contributed by atoms with Crippen molar-refractivity contribution in [3.05, 3.63) is 68.9 Å². The summed E-state index contributed by atoms with van der Waals surface area (Å²) in [4.78, 5) is 29.2. The molecule has 1 saturated heterocycles. The maximum Gasteiger partial charge on any atom is 0.292 e. The number of piperazine rings is 1. The van der Waals surface area contributed by atoms with Gasteiger partial charge in [-0.1, -0.05) is 29.8 Å². The number of nitrogens with zero attached hydrogens (tertiary/aromatic N) is 5. The van der Waals surface area contributed by atoms with Gasteiger partial charge in [0.15, 0.2) is 0 Å². The fourth-order valence-electron chi connectivity index (χ4n) is 3.55. The van der Waals surface area contributed by atoms with Gasteiger partial charge in [0, 0.05) is 39.1 Å². The maximum absolute atomic E-state index is 12.7. The van der Waals surface area contributed by atoms with Gasteiger partial charge in [-0.3, -0.25) is 14.5 Å². The van der Waals surface area contributed by atoms with Crippen LogP contribution in [0.2, 0.25) is 5.02 Å². The Hall–Kier alpha value is -3.19. The first-order chi connectivity index (χ1) is 15.6. The van der Waals surface area contributed by atoms with Crippen molar-refractivity contribution in [2.45, 2.75) is 6.42 Å². The number of nitrogens with one attached hydrogen (secondary N) is 1. The van der Waals surface area contributed by atoms with Gasteiger partial charge in [-0.25, -0.2) is 0 Å². The van der Waals surface area contributed by atoms with Gasteiger partial charge in [-0.2, -0.15) is 15.0 Å². The number of anilines is 2. The normalized spacial score (nSPS) is 14.2. The Morgan fingerprint density at radius 2 is 1.94 bits per heavy atom. The Balaban J connectivity index is 1.32. The van der Waals surface area contributed by atoms with Crippen LogP contribution in [0.25, 0.3) is 5.69 Å². The lowest BCUT2D eigenvalue weighted by Gasteiger charge is -2.36. The van der Waals surface area contributed by atoms with Crippen LogP contribution in [0.3, 0.4) is 0 Å². The van der Waals surface area contributed by atoms with Gasteiger partial charge in [-0.15, -0.1) is 11.3 Å². The molecule has 10 heteroatoms. The number of aromatic nitrogens is 2. The predicted molar refractivity (Wildman–Crippen MR) is 126 cm³/mol. The lowest BCUT2D eigenvalue weighted by molar-refractivity contribution is -0.116. The van der Waals surface area contributed by atoms with E-state index in [2.05, 4.69) is 21.4 Å². The van der Waals surface area contributed by atoms with Gasteiger partial charge in [0.1, 0.15) is 16.1 Å². The molecule has 3 aromatic rings. The first-order valence-electron chi connectivity index (χ1n) is 10.1. The van der Waals surface area contributed by atoms with Crippen molar-refractivity contribution in [1.82, 2.24) is 14.7 Å². The van der Waals surface area contributed by atoms with Crippen molar-refractivity contribution in [1.29, 1.82) is 5.26 Å². The van der Waals surface area contributed by atoms with Crippen LogP contribution in [0.1, 0.15) is 12.0 Å². The van der Waals surface area contributed by atoms with Gasteiger partial charge in [-0.05, 0) is 23.6 Å². The van der Waals surface area contributed by atoms with E-state index < -0.39 is 0 Å². The number of halogens is 1. The van der Waals surface area contributed by atoms with E-state index in [9.17, 15) is 9.59 Å². The number of hydrogen-bond donors (Lipinski definition) is 1. The Morgan fingerprint density at radius 1 is 1.19 bits per heavy atom. The fourth-order valence-corrected chi connectivity index (χ4v) is 4.55. The first kappa shape index (κ1) is 22.0. The predicted octanol–water partition coefficient (Wildman–Crippen LogP) is 2.97. The minimum Gasteiger partial charge on any atom is -0.366 e. The van der Waals surface area contributed by atoms with Crippen LogP contribution >= 0.6 is 22.9 Å². The summed E-state index contributed by atoms with van der Waals surface area (Å²) in [5, 5.41) is 18.7. The summed E-state index contributed by atoms with van der Waals surface area (Å²) in [6, 6.07) is 12.9. The molecule has 8 nitrogen and oxygen atoms in total. The van der Waals surface area contributed by atoms with E-state index in [-0.39, 0.29) is 16.5 Å². The average Bonchev–Trinajstić information content (AvgIpc) is 3.27. The number of rotatable bonds is 6. The highest BCUT2D eigenvalue weighted by Crippen LogP contribution is 2.24. The van der Waals surface area contributed by atoms with Crippen LogP contribution in [0.5, 0.6) is 0 Å². The first-order valence-corrected chi connectivity index (χ1v) is 11.4. The molecule has 0 radical (unpaired) electrons. The molecule has 1 amide bonds. The minimum atomic E-state index is -0.347. The van der Waals surface area contributed by atoms with Crippen molar-refractivity contribution in [2.75, 3.05) is 42.9 Å². The zero-order chi connectivity index (χ0) is 22.5. The van der Waals surface area contributed by atoms with Crippen LogP contribution in [0.4, 0.5) is 10.7 Å². The Kier molecular flexibility index (Phi) is 6.85. The molecule has 1 aliphatic rings. The molecule has 0 spiro atoms. The third-order valence-corrected chi connectivity index (χ3v) is 6.49. The standard InChI is InChI=1S/C22H21ClN6O2S/c23-20-18(15-25-29(22(20)31)17-4-2-1-3-5-17)28-11-9-27(10-12-28)8-6-19(30)26-21-16(14-24)7-13-32-21/h1-5,7,13,15H,6,8-12H2,(H,26,30). The fraction of sp³-hybridized carbons (Fsp3) is 0.273. The van der Waals surface area contributed by atoms with E-state index in [4.69, 9.17) is 16.9 Å². The van der Waals surface area contributed by atoms with E-state index in [1.54, 1.807) is 29.8 Å². The third kappa shape index (κ3) is 4.83. The van der Waals surface area contributed by atoms with Crippen molar-refractivity contribution in [2.24, 2.45) is 0 Å². The summed E-state index contributed by atoms with van der Waals surface area (Å²) in [6.45, 7) is 3.47. The van der Waals surface area contributed by atoms with Crippen molar-refractivity contribution in [3.8, 4) is 11.8 Å². The smallest absolute Gasteiger partial charge is 0.292 e. The molecule has 0 bridgehead atoms. The molecule has 0 saturated carbocycles. The van der Waals surface area contributed by atoms with Gasteiger partial charge < -0.3 is 10.2 Å². The second-order valence-electron chi connectivity index (χ2n) is 7.30. The molecule has 1 aliphatic heterocycles. The number of carbonyl (C=O) groups excluding carboxylic acids is 1. The van der Waals surface area contributed by atoms with Crippen molar-refractivity contribution >= 4 is 39.5 Å². The number of carbonyl (C=O) groups is 1. The van der Waals surface area contributed by atoms with Crippen LogP contribution in [-0.4, -0.2) is 53.3 Å². The number of nitriles is 1. The molecular weight excluding hydrogens is 448 g/mol. The summed E-state index contributed by atoms with van der Waals surface area (Å²) < 4.78 is 1.30. The monoisotopic (exact) mass is 468 g/mol. The average molecular weight is 469 g/mol. The van der Waals surface area contributed by atoms with Crippen molar-refractivity contribution in [3.63, 3.8) is 0 Å². The Labute approximate surface area is 194 Å². The van der Waals surface area contributed by atoms with E-state index in [0.717, 1.165) is 13.1 Å². The molecule has 1 aromatic carbocycles. The molecule has 164 valence electrons. The quantitative estimate of drug-likeness (QED) is 0.597. The number of thiophene rings is 1. The molecule has 0 aliphatic carbocycles. The number of benzene rings is 1. The SMILES string of the molecule is N#Cc1ccsc1NC(=O)CCN1CCN(c2cnn(-c3ccccc3)c(=O)c2Cl)CC1. The number of hydrogen-bond acceptors (Lipinski definition) is 7. The Morgan fingerprint density at radius 3 is 2.66 bits per heavy atom. The summed E-state index contributed by atoms with van der Waals surface area (Å²) in [6.07, 6.45) is 1.98. The Bertz CT molecular complexity index is 1200. The van der Waals surface area contributed by atoms with E-state index in [0.29, 0.717) is 48.0 Å². The minimum absolute atomic E-state index is 0.108. The second kappa shape index (κ2) is 9.96. The zero-order valence-electron chi connectivity index (χ0n) is 17.2. The maximum atomic E-state index is 12.7. The van der Waals surface area contributed by atoms with Crippen LogP contribution in [-0.2, 0) is 4.79 Å². The largest absolute Gasteiger partial charge is 0.366 e. The van der Waals surface area contributed by atoms with Gasteiger partial charge in [0.05, 0.1) is 23.1 Å². The molecular formula is C22H21ClN6O2S. The molecule has 1 fully saturated rings. The summed E-state index contributed by atoms with van der Waals surface area (Å²) >= 11 is 7.75. The van der Waals surface area contributed by atoms with Gasteiger partial charge in [0.25, 0.3) is 5.56 Å². The summed E-state index contributed by atoms with van der Waals surface area (Å²) in [5.74, 6) is -0.108. The zero-order valence-corrected chi connectivity index (χ0v) is 18.8. The third-order valence-electron chi connectivity index (χ3n) is 5.31. The summed E-state index contributed by atoms with van der Waals surface area (Å²) in [5.41, 5.74) is 1.43. The second-order valence-corrected chi connectivity index (χ2v) is 8.59.